The lowest BCUT2D eigenvalue weighted by molar-refractivity contribution is 0.0948. The Hall–Kier alpha value is -3.39. The van der Waals surface area contributed by atoms with E-state index in [9.17, 15) is 10.1 Å². The molecule has 1 aliphatic rings. The average molecular weight is 357 g/mol. The summed E-state index contributed by atoms with van der Waals surface area (Å²) in [7, 11) is 1.60. The van der Waals surface area contributed by atoms with E-state index in [4.69, 9.17) is 4.74 Å². The number of methoxy groups -OCH3 is 1. The van der Waals surface area contributed by atoms with E-state index in [1.807, 2.05) is 48.5 Å². The molecule has 2 aromatic carbocycles. The van der Waals surface area contributed by atoms with Crippen LogP contribution in [-0.2, 0) is 0 Å². The summed E-state index contributed by atoms with van der Waals surface area (Å²) in [6.45, 7) is 0.653. The summed E-state index contributed by atoms with van der Waals surface area (Å²) in [5.41, 5.74) is 2.11. The quantitative estimate of drug-likeness (QED) is 0.751. The Morgan fingerprint density at radius 2 is 2.00 bits per heavy atom. The van der Waals surface area contributed by atoms with Crippen LogP contribution in [0.3, 0.4) is 0 Å². The first kappa shape index (κ1) is 17.0. The molecular weight excluding hydrogens is 338 g/mol. The number of amides is 1. The molecule has 1 heterocycles. The van der Waals surface area contributed by atoms with Gasteiger partial charge in [-0.3, -0.25) is 4.79 Å². The lowest BCUT2D eigenvalue weighted by Crippen LogP contribution is -2.27. The standard InChI is InChI=1S/C22H19N3O2/c1-27-16-9-10-17-18(11-16)20(15-5-3-2-4-6-15)19(12-23)25-21(17)22(26)24-13-14-7-8-14/h2-6,9-11,14H,7-8,13H2,1H3,(H,24,26). The molecule has 0 bridgehead atoms. The Bertz CT molecular complexity index is 1050. The number of pyridine rings is 1. The highest BCUT2D eigenvalue weighted by Gasteiger charge is 2.24. The molecule has 0 unspecified atom stereocenters. The third kappa shape index (κ3) is 3.34. The van der Waals surface area contributed by atoms with Crippen LogP contribution in [-0.4, -0.2) is 24.5 Å². The number of hydrogen-bond acceptors (Lipinski definition) is 4. The van der Waals surface area contributed by atoms with E-state index in [-0.39, 0.29) is 17.3 Å². The normalized spacial score (nSPS) is 13.2. The van der Waals surface area contributed by atoms with Crippen LogP contribution in [0.5, 0.6) is 5.75 Å². The summed E-state index contributed by atoms with van der Waals surface area (Å²) in [4.78, 5) is 17.2. The second-order valence-electron chi connectivity index (χ2n) is 6.73. The highest BCUT2D eigenvalue weighted by molar-refractivity contribution is 6.10. The third-order valence-corrected chi connectivity index (χ3v) is 4.84. The molecule has 27 heavy (non-hydrogen) atoms. The minimum Gasteiger partial charge on any atom is -0.497 e. The number of rotatable bonds is 5. The van der Waals surface area contributed by atoms with Crippen LogP contribution in [0, 0.1) is 17.2 Å². The van der Waals surface area contributed by atoms with E-state index in [0.29, 0.717) is 29.2 Å². The lowest BCUT2D eigenvalue weighted by Gasteiger charge is -2.14. The monoisotopic (exact) mass is 357 g/mol. The van der Waals surface area contributed by atoms with E-state index in [0.717, 1.165) is 23.8 Å². The fourth-order valence-electron chi connectivity index (χ4n) is 3.21. The number of carbonyl (C=O) groups excluding carboxylic acids is 1. The molecule has 1 fully saturated rings. The van der Waals surface area contributed by atoms with Gasteiger partial charge in [0.1, 0.15) is 23.2 Å². The molecule has 0 spiro atoms. The van der Waals surface area contributed by atoms with Gasteiger partial charge in [0.15, 0.2) is 0 Å². The number of nitrogens with one attached hydrogen (secondary N) is 1. The van der Waals surface area contributed by atoms with Crippen molar-refractivity contribution in [1.82, 2.24) is 10.3 Å². The van der Waals surface area contributed by atoms with Crippen LogP contribution in [0.15, 0.2) is 48.5 Å². The Morgan fingerprint density at radius 3 is 2.67 bits per heavy atom. The van der Waals surface area contributed by atoms with Crippen LogP contribution in [0.1, 0.15) is 29.0 Å². The second kappa shape index (κ2) is 7.08. The molecule has 5 nitrogen and oxygen atoms in total. The van der Waals surface area contributed by atoms with Gasteiger partial charge in [-0.15, -0.1) is 0 Å². The van der Waals surface area contributed by atoms with Crippen molar-refractivity contribution in [2.75, 3.05) is 13.7 Å². The highest BCUT2D eigenvalue weighted by Crippen LogP contribution is 2.35. The number of aromatic nitrogens is 1. The Kier molecular flexibility index (Phi) is 4.47. The Morgan fingerprint density at radius 1 is 1.22 bits per heavy atom. The zero-order chi connectivity index (χ0) is 18.8. The van der Waals surface area contributed by atoms with Gasteiger partial charge in [0.2, 0.25) is 0 Å². The maximum absolute atomic E-state index is 12.7. The molecular formula is C22H19N3O2. The summed E-state index contributed by atoms with van der Waals surface area (Å²) in [6, 6.07) is 17.3. The van der Waals surface area contributed by atoms with Crippen molar-refractivity contribution in [1.29, 1.82) is 5.26 Å². The van der Waals surface area contributed by atoms with E-state index in [1.165, 1.54) is 0 Å². The predicted octanol–water partition coefficient (Wildman–Crippen LogP) is 3.92. The van der Waals surface area contributed by atoms with Crippen molar-refractivity contribution in [2.45, 2.75) is 12.8 Å². The largest absolute Gasteiger partial charge is 0.497 e. The number of carbonyl (C=O) groups is 1. The maximum atomic E-state index is 12.7. The van der Waals surface area contributed by atoms with Crippen molar-refractivity contribution in [3.05, 3.63) is 59.9 Å². The molecule has 1 aliphatic carbocycles. The Balaban J connectivity index is 1.93. The molecule has 134 valence electrons. The molecule has 0 atom stereocenters. The first-order chi connectivity index (χ1) is 13.2. The molecule has 0 aliphatic heterocycles. The van der Waals surface area contributed by atoms with Crippen molar-refractivity contribution in [3.63, 3.8) is 0 Å². The minimum absolute atomic E-state index is 0.235. The second-order valence-corrected chi connectivity index (χ2v) is 6.73. The van der Waals surface area contributed by atoms with Crippen LogP contribution in [0.25, 0.3) is 21.9 Å². The zero-order valence-electron chi connectivity index (χ0n) is 15.0. The van der Waals surface area contributed by atoms with Crippen molar-refractivity contribution < 1.29 is 9.53 Å². The number of hydrogen-bond donors (Lipinski definition) is 1. The van der Waals surface area contributed by atoms with Gasteiger partial charge in [-0.1, -0.05) is 30.3 Å². The van der Waals surface area contributed by atoms with Gasteiger partial charge in [0, 0.05) is 17.5 Å². The van der Waals surface area contributed by atoms with Gasteiger partial charge < -0.3 is 10.1 Å². The lowest BCUT2D eigenvalue weighted by atomic mass is 9.95. The van der Waals surface area contributed by atoms with Crippen molar-refractivity contribution in [2.24, 2.45) is 5.92 Å². The molecule has 0 radical (unpaired) electrons. The molecule has 3 aromatic rings. The predicted molar refractivity (Wildman–Crippen MR) is 104 cm³/mol. The van der Waals surface area contributed by atoms with Crippen LogP contribution >= 0.6 is 0 Å². The molecule has 1 aromatic heterocycles. The van der Waals surface area contributed by atoms with Crippen LogP contribution < -0.4 is 10.1 Å². The van der Waals surface area contributed by atoms with Crippen molar-refractivity contribution >= 4 is 16.7 Å². The fraction of sp³-hybridized carbons (Fsp3) is 0.227. The van der Waals surface area contributed by atoms with E-state index in [2.05, 4.69) is 16.4 Å². The SMILES string of the molecule is COc1ccc2c(C(=O)NCC3CC3)nc(C#N)c(-c3ccccc3)c2c1. The number of nitriles is 1. The van der Waals surface area contributed by atoms with Crippen LogP contribution in [0.4, 0.5) is 0 Å². The molecule has 1 N–H and O–H groups in total. The topological polar surface area (TPSA) is 75.0 Å². The van der Waals surface area contributed by atoms with Gasteiger partial charge >= 0.3 is 0 Å². The van der Waals surface area contributed by atoms with Crippen LogP contribution in [0.2, 0.25) is 0 Å². The molecule has 0 saturated heterocycles. The summed E-state index contributed by atoms with van der Waals surface area (Å²) < 4.78 is 5.37. The average Bonchev–Trinajstić information content (AvgIpc) is 3.55. The van der Waals surface area contributed by atoms with Gasteiger partial charge in [-0.2, -0.15) is 5.26 Å². The van der Waals surface area contributed by atoms with E-state index >= 15 is 0 Å². The summed E-state index contributed by atoms with van der Waals surface area (Å²) >= 11 is 0. The number of benzene rings is 2. The summed E-state index contributed by atoms with van der Waals surface area (Å²) in [5, 5.41) is 14.2. The van der Waals surface area contributed by atoms with Crippen molar-refractivity contribution in [3.8, 4) is 22.9 Å². The number of fused-ring (bicyclic) bond motifs is 1. The summed E-state index contributed by atoms with van der Waals surface area (Å²) in [6.07, 6.45) is 2.31. The molecule has 1 amide bonds. The number of ether oxygens (including phenoxy) is 1. The van der Waals surface area contributed by atoms with E-state index in [1.54, 1.807) is 7.11 Å². The molecule has 4 rings (SSSR count). The first-order valence-corrected chi connectivity index (χ1v) is 8.96. The highest BCUT2D eigenvalue weighted by atomic mass is 16.5. The Labute approximate surface area is 157 Å². The minimum atomic E-state index is -0.242. The third-order valence-electron chi connectivity index (χ3n) is 4.84. The summed E-state index contributed by atoms with van der Waals surface area (Å²) in [5.74, 6) is 0.992. The molecule has 5 heteroatoms. The van der Waals surface area contributed by atoms with Gasteiger partial charge in [-0.05, 0) is 47.9 Å². The van der Waals surface area contributed by atoms with Gasteiger partial charge in [0.25, 0.3) is 5.91 Å². The molecule has 1 saturated carbocycles. The zero-order valence-corrected chi connectivity index (χ0v) is 15.0. The number of nitrogens with zero attached hydrogens (tertiary/aromatic N) is 2. The maximum Gasteiger partial charge on any atom is 0.270 e. The van der Waals surface area contributed by atoms with E-state index < -0.39 is 0 Å². The van der Waals surface area contributed by atoms with Gasteiger partial charge in [-0.25, -0.2) is 4.98 Å². The first-order valence-electron chi connectivity index (χ1n) is 8.96. The smallest absolute Gasteiger partial charge is 0.270 e. The fourth-order valence-corrected chi connectivity index (χ4v) is 3.21. The van der Waals surface area contributed by atoms with Gasteiger partial charge in [0.05, 0.1) is 7.11 Å².